The summed E-state index contributed by atoms with van der Waals surface area (Å²) < 4.78 is 5.46. The molecule has 1 aliphatic rings. The third-order valence-corrected chi connectivity index (χ3v) is 3.43. The Morgan fingerprint density at radius 3 is 2.14 bits per heavy atom. The number of carbonyl (C=O) groups excluding carboxylic acids is 1. The van der Waals surface area contributed by atoms with Gasteiger partial charge in [0.25, 0.3) is 0 Å². The first-order valence-corrected chi connectivity index (χ1v) is 5.67. The number of esters is 1. The van der Waals surface area contributed by atoms with E-state index in [-0.39, 0.29) is 17.5 Å². The summed E-state index contributed by atoms with van der Waals surface area (Å²) in [5.41, 5.74) is -0.191. The van der Waals surface area contributed by atoms with Crippen molar-refractivity contribution < 1.29 is 9.53 Å². The van der Waals surface area contributed by atoms with Gasteiger partial charge in [-0.3, -0.25) is 4.79 Å². The maximum atomic E-state index is 11.9. The van der Waals surface area contributed by atoms with Crippen LogP contribution in [0.3, 0.4) is 0 Å². The van der Waals surface area contributed by atoms with Crippen LogP contribution in [0.25, 0.3) is 0 Å². The molecule has 1 saturated carbocycles. The average Bonchev–Trinajstić information content (AvgIpc) is 2.53. The van der Waals surface area contributed by atoms with Crippen LogP contribution in [0.1, 0.15) is 53.4 Å². The van der Waals surface area contributed by atoms with Crippen LogP contribution in [0.5, 0.6) is 0 Å². The Bertz CT molecular complexity index is 202. The zero-order chi connectivity index (χ0) is 10.8. The topological polar surface area (TPSA) is 26.3 Å². The van der Waals surface area contributed by atoms with E-state index in [9.17, 15) is 4.79 Å². The molecule has 0 N–H and O–H groups in total. The van der Waals surface area contributed by atoms with Gasteiger partial charge < -0.3 is 4.74 Å². The molecule has 0 heterocycles. The van der Waals surface area contributed by atoms with Gasteiger partial charge >= 0.3 is 5.97 Å². The van der Waals surface area contributed by atoms with E-state index >= 15 is 0 Å². The Kier molecular flexibility index (Phi) is 3.57. The summed E-state index contributed by atoms with van der Waals surface area (Å²) in [4.78, 5) is 11.9. The molecule has 0 spiro atoms. The molecule has 0 saturated heterocycles. The normalized spacial score (nSPS) is 22.4. The van der Waals surface area contributed by atoms with Crippen LogP contribution in [0, 0.1) is 11.3 Å². The fourth-order valence-electron chi connectivity index (χ4n) is 1.81. The molecule has 2 heteroatoms. The van der Waals surface area contributed by atoms with Gasteiger partial charge in [0.1, 0.15) is 6.10 Å². The summed E-state index contributed by atoms with van der Waals surface area (Å²) >= 11 is 0. The number of rotatable bonds is 3. The highest BCUT2D eigenvalue weighted by Gasteiger charge is 2.38. The predicted molar refractivity (Wildman–Crippen MR) is 57.0 cm³/mol. The monoisotopic (exact) mass is 198 g/mol. The van der Waals surface area contributed by atoms with Gasteiger partial charge in [0.15, 0.2) is 0 Å². The largest absolute Gasteiger partial charge is 0.462 e. The molecule has 0 aromatic rings. The molecule has 0 aromatic heterocycles. The fraction of sp³-hybridized carbons (Fsp3) is 0.917. The van der Waals surface area contributed by atoms with Gasteiger partial charge in [0.2, 0.25) is 0 Å². The van der Waals surface area contributed by atoms with Crippen molar-refractivity contribution in [2.24, 2.45) is 11.3 Å². The van der Waals surface area contributed by atoms with Gasteiger partial charge in [0, 0.05) is 0 Å². The van der Waals surface area contributed by atoms with Crippen molar-refractivity contribution in [3.8, 4) is 0 Å². The highest BCUT2D eigenvalue weighted by molar-refractivity contribution is 5.76. The zero-order valence-corrected chi connectivity index (χ0v) is 9.80. The molecule has 0 aromatic carbocycles. The lowest BCUT2D eigenvalue weighted by Crippen LogP contribution is -2.31. The molecule has 2 nitrogen and oxygen atoms in total. The van der Waals surface area contributed by atoms with Crippen molar-refractivity contribution in [2.75, 3.05) is 0 Å². The smallest absolute Gasteiger partial charge is 0.312 e. The van der Waals surface area contributed by atoms with Gasteiger partial charge in [-0.15, -0.1) is 0 Å². The highest BCUT2D eigenvalue weighted by Crippen LogP contribution is 2.39. The van der Waals surface area contributed by atoms with Gasteiger partial charge in [-0.25, -0.2) is 0 Å². The Hall–Kier alpha value is -0.530. The van der Waals surface area contributed by atoms with Crippen LogP contribution in [-0.4, -0.2) is 12.1 Å². The summed E-state index contributed by atoms with van der Waals surface area (Å²) in [7, 11) is 0. The summed E-state index contributed by atoms with van der Waals surface area (Å²) in [6.45, 7) is 8.17. The van der Waals surface area contributed by atoms with Gasteiger partial charge in [-0.05, 0) is 32.6 Å². The number of hydrogen-bond acceptors (Lipinski definition) is 2. The Morgan fingerprint density at radius 1 is 1.21 bits per heavy atom. The van der Waals surface area contributed by atoms with Crippen molar-refractivity contribution in [3.63, 3.8) is 0 Å². The summed E-state index contributed by atoms with van der Waals surface area (Å²) in [6.07, 6.45) is 4.37. The maximum absolute atomic E-state index is 11.9. The van der Waals surface area contributed by atoms with E-state index < -0.39 is 0 Å². The second kappa shape index (κ2) is 4.33. The first-order chi connectivity index (χ1) is 6.46. The summed E-state index contributed by atoms with van der Waals surface area (Å²) in [5.74, 6) is 0.417. The Labute approximate surface area is 87.0 Å². The molecule has 0 aliphatic heterocycles. The Balaban J connectivity index is 2.49. The number of ether oxygens (including phenoxy) is 1. The standard InChI is InChI=1S/C12H22O2/c1-9(2)10(3)14-11(13)12(4)7-5-6-8-12/h9-10H,5-8H2,1-4H3/t10-/m0/s1. The van der Waals surface area contributed by atoms with Crippen LogP contribution >= 0.6 is 0 Å². The van der Waals surface area contributed by atoms with Crippen molar-refractivity contribution >= 4 is 5.97 Å². The average molecular weight is 198 g/mol. The van der Waals surface area contributed by atoms with Crippen LogP contribution in [-0.2, 0) is 9.53 Å². The maximum Gasteiger partial charge on any atom is 0.312 e. The molecule has 1 atom stereocenters. The van der Waals surface area contributed by atoms with Crippen molar-refractivity contribution in [2.45, 2.75) is 59.5 Å². The molecule has 82 valence electrons. The number of hydrogen-bond donors (Lipinski definition) is 0. The van der Waals surface area contributed by atoms with Crippen LogP contribution < -0.4 is 0 Å². The molecule has 1 aliphatic carbocycles. The van der Waals surface area contributed by atoms with Crippen molar-refractivity contribution in [1.29, 1.82) is 0 Å². The van der Waals surface area contributed by atoms with Crippen LogP contribution in [0.15, 0.2) is 0 Å². The molecule has 14 heavy (non-hydrogen) atoms. The third kappa shape index (κ3) is 2.49. The molecule has 0 amide bonds. The lowest BCUT2D eigenvalue weighted by Gasteiger charge is -2.25. The van der Waals surface area contributed by atoms with E-state index in [2.05, 4.69) is 13.8 Å². The third-order valence-electron chi connectivity index (χ3n) is 3.43. The molecular weight excluding hydrogens is 176 g/mol. The highest BCUT2D eigenvalue weighted by atomic mass is 16.5. The molecule has 1 fully saturated rings. The molecule has 0 unspecified atom stereocenters. The predicted octanol–water partition coefficient (Wildman–Crippen LogP) is 3.15. The summed E-state index contributed by atoms with van der Waals surface area (Å²) in [5, 5.41) is 0. The quantitative estimate of drug-likeness (QED) is 0.651. The fourth-order valence-corrected chi connectivity index (χ4v) is 1.81. The first-order valence-electron chi connectivity index (χ1n) is 5.67. The SMILES string of the molecule is CC(C)[C@H](C)OC(=O)C1(C)CCCC1. The zero-order valence-electron chi connectivity index (χ0n) is 9.80. The minimum absolute atomic E-state index is 0.0104. The van der Waals surface area contributed by atoms with Gasteiger partial charge in [-0.1, -0.05) is 26.7 Å². The summed E-state index contributed by atoms with van der Waals surface area (Å²) in [6, 6.07) is 0. The molecule has 0 radical (unpaired) electrons. The van der Waals surface area contributed by atoms with Gasteiger partial charge in [0.05, 0.1) is 5.41 Å². The van der Waals surface area contributed by atoms with E-state index in [4.69, 9.17) is 4.74 Å². The van der Waals surface area contributed by atoms with Crippen LogP contribution in [0.2, 0.25) is 0 Å². The van der Waals surface area contributed by atoms with E-state index in [1.807, 2.05) is 13.8 Å². The molecule has 0 bridgehead atoms. The molecular formula is C12H22O2. The van der Waals surface area contributed by atoms with E-state index in [1.54, 1.807) is 0 Å². The first kappa shape index (κ1) is 11.5. The Morgan fingerprint density at radius 2 is 1.71 bits per heavy atom. The van der Waals surface area contributed by atoms with E-state index in [0.29, 0.717) is 5.92 Å². The van der Waals surface area contributed by atoms with Gasteiger partial charge in [-0.2, -0.15) is 0 Å². The van der Waals surface area contributed by atoms with Crippen LogP contribution in [0.4, 0.5) is 0 Å². The van der Waals surface area contributed by atoms with Crippen molar-refractivity contribution in [1.82, 2.24) is 0 Å². The van der Waals surface area contributed by atoms with Crippen molar-refractivity contribution in [3.05, 3.63) is 0 Å². The minimum Gasteiger partial charge on any atom is -0.462 e. The number of carbonyl (C=O) groups is 1. The second-order valence-electron chi connectivity index (χ2n) is 5.12. The lowest BCUT2D eigenvalue weighted by molar-refractivity contribution is -0.161. The van der Waals surface area contributed by atoms with E-state index in [0.717, 1.165) is 12.8 Å². The molecule has 1 rings (SSSR count). The minimum atomic E-state index is -0.191. The van der Waals surface area contributed by atoms with E-state index in [1.165, 1.54) is 12.8 Å². The second-order valence-corrected chi connectivity index (χ2v) is 5.12. The lowest BCUT2D eigenvalue weighted by atomic mass is 9.89.